The van der Waals surface area contributed by atoms with Crippen molar-refractivity contribution in [2.75, 3.05) is 31.6 Å². The number of hydrogen-bond acceptors (Lipinski definition) is 3. The third-order valence-electron chi connectivity index (χ3n) is 3.89. The van der Waals surface area contributed by atoms with E-state index in [0.717, 1.165) is 11.1 Å². The number of amides is 3. The molecule has 0 bridgehead atoms. The molecule has 6 nitrogen and oxygen atoms in total. The van der Waals surface area contributed by atoms with Crippen LogP contribution in [0.3, 0.4) is 0 Å². The SMILES string of the molecule is NC(=O)Nc1cccc(-c2ccc(C(=O)N3CCOCC3)cc2)c1. The second-order valence-electron chi connectivity index (χ2n) is 5.55. The molecule has 3 rings (SSSR count). The van der Waals surface area contributed by atoms with Gasteiger partial charge in [0.05, 0.1) is 13.2 Å². The number of nitrogens with one attached hydrogen (secondary N) is 1. The van der Waals surface area contributed by atoms with Gasteiger partial charge < -0.3 is 20.7 Å². The molecule has 124 valence electrons. The van der Waals surface area contributed by atoms with Crippen molar-refractivity contribution in [3.05, 3.63) is 54.1 Å². The van der Waals surface area contributed by atoms with Crippen molar-refractivity contribution >= 4 is 17.6 Å². The first kappa shape index (κ1) is 16.0. The van der Waals surface area contributed by atoms with Crippen molar-refractivity contribution in [1.29, 1.82) is 0 Å². The number of urea groups is 1. The summed E-state index contributed by atoms with van der Waals surface area (Å²) in [7, 11) is 0. The summed E-state index contributed by atoms with van der Waals surface area (Å²) in [6.07, 6.45) is 0. The van der Waals surface area contributed by atoms with E-state index in [1.807, 2.05) is 42.5 Å². The third-order valence-corrected chi connectivity index (χ3v) is 3.89. The van der Waals surface area contributed by atoms with Gasteiger partial charge in [0.1, 0.15) is 0 Å². The summed E-state index contributed by atoms with van der Waals surface area (Å²) >= 11 is 0. The van der Waals surface area contributed by atoms with Gasteiger partial charge in [-0.05, 0) is 35.4 Å². The Morgan fingerprint density at radius 2 is 1.71 bits per heavy atom. The van der Waals surface area contributed by atoms with E-state index in [1.54, 1.807) is 11.0 Å². The summed E-state index contributed by atoms with van der Waals surface area (Å²) < 4.78 is 5.27. The quantitative estimate of drug-likeness (QED) is 0.908. The van der Waals surface area contributed by atoms with Crippen LogP contribution < -0.4 is 11.1 Å². The molecule has 0 spiro atoms. The first-order valence-electron chi connectivity index (χ1n) is 7.77. The highest BCUT2D eigenvalue weighted by Gasteiger charge is 2.18. The predicted molar refractivity (Wildman–Crippen MR) is 91.8 cm³/mol. The molecule has 0 aliphatic carbocycles. The maximum absolute atomic E-state index is 12.4. The molecule has 3 amide bonds. The molecule has 6 heteroatoms. The molecular weight excluding hydrogens is 306 g/mol. The van der Waals surface area contributed by atoms with Crippen LogP contribution in [0.5, 0.6) is 0 Å². The molecule has 1 saturated heterocycles. The Morgan fingerprint density at radius 3 is 2.38 bits per heavy atom. The standard InChI is InChI=1S/C18H19N3O3/c19-18(23)20-16-3-1-2-15(12-16)13-4-6-14(7-5-13)17(22)21-8-10-24-11-9-21/h1-7,12H,8-11H2,(H3,19,20,23). The van der Waals surface area contributed by atoms with Crippen LogP contribution in [0, 0.1) is 0 Å². The van der Waals surface area contributed by atoms with Crippen molar-refractivity contribution in [3.63, 3.8) is 0 Å². The molecule has 1 fully saturated rings. The van der Waals surface area contributed by atoms with Crippen LogP contribution in [0.25, 0.3) is 11.1 Å². The molecule has 24 heavy (non-hydrogen) atoms. The Morgan fingerprint density at radius 1 is 1.00 bits per heavy atom. The van der Waals surface area contributed by atoms with E-state index in [2.05, 4.69) is 5.32 Å². The Labute approximate surface area is 140 Å². The van der Waals surface area contributed by atoms with Gasteiger partial charge in [-0.1, -0.05) is 24.3 Å². The molecule has 0 aromatic heterocycles. The predicted octanol–water partition coefficient (Wildman–Crippen LogP) is 2.32. The van der Waals surface area contributed by atoms with Gasteiger partial charge in [0, 0.05) is 24.3 Å². The monoisotopic (exact) mass is 325 g/mol. The molecule has 0 atom stereocenters. The maximum Gasteiger partial charge on any atom is 0.316 e. The zero-order valence-corrected chi connectivity index (χ0v) is 13.2. The highest BCUT2D eigenvalue weighted by Crippen LogP contribution is 2.23. The lowest BCUT2D eigenvalue weighted by molar-refractivity contribution is 0.0303. The fourth-order valence-corrected chi connectivity index (χ4v) is 2.67. The number of carbonyl (C=O) groups is 2. The molecular formula is C18H19N3O3. The van der Waals surface area contributed by atoms with E-state index in [0.29, 0.717) is 37.6 Å². The van der Waals surface area contributed by atoms with Crippen molar-refractivity contribution < 1.29 is 14.3 Å². The number of carbonyl (C=O) groups excluding carboxylic acids is 2. The zero-order valence-electron chi connectivity index (χ0n) is 13.2. The first-order valence-corrected chi connectivity index (χ1v) is 7.77. The summed E-state index contributed by atoms with van der Waals surface area (Å²) in [4.78, 5) is 25.2. The minimum atomic E-state index is -0.599. The number of benzene rings is 2. The third kappa shape index (κ3) is 3.72. The van der Waals surface area contributed by atoms with Crippen LogP contribution in [-0.4, -0.2) is 43.1 Å². The number of nitrogens with two attached hydrogens (primary N) is 1. The van der Waals surface area contributed by atoms with Gasteiger partial charge in [0.25, 0.3) is 5.91 Å². The molecule has 0 unspecified atom stereocenters. The zero-order chi connectivity index (χ0) is 16.9. The second-order valence-corrected chi connectivity index (χ2v) is 5.55. The maximum atomic E-state index is 12.4. The van der Waals surface area contributed by atoms with Crippen LogP contribution >= 0.6 is 0 Å². The van der Waals surface area contributed by atoms with Crippen LogP contribution in [0.1, 0.15) is 10.4 Å². The van der Waals surface area contributed by atoms with Gasteiger partial charge >= 0.3 is 6.03 Å². The number of morpholine rings is 1. The Balaban J connectivity index is 1.76. The molecule has 1 aliphatic heterocycles. The van der Waals surface area contributed by atoms with Crippen molar-refractivity contribution in [1.82, 2.24) is 4.90 Å². The normalized spacial score (nSPS) is 14.2. The van der Waals surface area contributed by atoms with Gasteiger partial charge in [-0.15, -0.1) is 0 Å². The smallest absolute Gasteiger partial charge is 0.316 e. The van der Waals surface area contributed by atoms with Gasteiger partial charge in [-0.2, -0.15) is 0 Å². The van der Waals surface area contributed by atoms with Gasteiger partial charge in [0.2, 0.25) is 0 Å². The summed E-state index contributed by atoms with van der Waals surface area (Å²) in [6, 6.07) is 14.2. The summed E-state index contributed by atoms with van der Waals surface area (Å²) in [5.41, 5.74) is 8.32. The fourth-order valence-electron chi connectivity index (χ4n) is 2.67. The number of nitrogens with zero attached hydrogens (tertiary/aromatic N) is 1. The molecule has 1 heterocycles. The Hall–Kier alpha value is -2.86. The van der Waals surface area contributed by atoms with Crippen molar-refractivity contribution in [3.8, 4) is 11.1 Å². The van der Waals surface area contributed by atoms with Crippen molar-refractivity contribution in [2.45, 2.75) is 0 Å². The second kappa shape index (κ2) is 7.14. The topological polar surface area (TPSA) is 84.7 Å². The van der Waals surface area contributed by atoms with Gasteiger partial charge in [-0.3, -0.25) is 4.79 Å². The van der Waals surface area contributed by atoms with E-state index in [9.17, 15) is 9.59 Å². The van der Waals surface area contributed by atoms with E-state index >= 15 is 0 Å². The number of primary amides is 1. The summed E-state index contributed by atoms with van der Waals surface area (Å²) in [5.74, 6) is 0.0222. The highest BCUT2D eigenvalue weighted by atomic mass is 16.5. The number of anilines is 1. The highest BCUT2D eigenvalue weighted by molar-refractivity contribution is 5.95. The average Bonchev–Trinajstić information content (AvgIpc) is 2.62. The minimum absolute atomic E-state index is 0.0222. The molecule has 0 saturated carbocycles. The first-order chi connectivity index (χ1) is 11.6. The molecule has 1 aliphatic rings. The van der Waals surface area contributed by atoms with E-state index in [4.69, 9.17) is 10.5 Å². The number of rotatable bonds is 3. The van der Waals surface area contributed by atoms with E-state index in [-0.39, 0.29) is 5.91 Å². The lowest BCUT2D eigenvalue weighted by Gasteiger charge is -2.26. The van der Waals surface area contributed by atoms with E-state index in [1.165, 1.54) is 0 Å². The van der Waals surface area contributed by atoms with Crippen LogP contribution in [-0.2, 0) is 4.74 Å². The number of hydrogen-bond donors (Lipinski definition) is 2. The molecule has 2 aromatic carbocycles. The lowest BCUT2D eigenvalue weighted by atomic mass is 10.0. The van der Waals surface area contributed by atoms with Crippen molar-refractivity contribution in [2.24, 2.45) is 5.73 Å². The van der Waals surface area contributed by atoms with Crippen LogP contribution in [0.2, 0.25) is 0 Å². The van der Waals surface area contributed by atoms with Gasteiger partial charge in [-0.25, -0.2) is 4.79 Å². The number of ether oxygens (including phenoxy) is 1. The minimum Gasteiger partial charge on any atom is -0.378 e. The fraction of sp³-hybridized carbons (Fsp3) is 0.222. The largest absolute Gasteiger partial charge is 0.378 e. The molecule has 2 aromatic rings. The lowest BCUT2D eigenvalue weighted by Crippen LogP contribution is -2.40. The summed E-state index contributed by atoms with van der Waals surface area (Å²) in [5, 5.41) is 2.55. The van der Waals surface area contributed by atoms with Crippen LogP contribution in [0.4, 0.5) is 10.5 Å². The Bertz CT molecular complexity index is 737. The average molecular weight is 325 g/mol. The Kier molecular flexibility index (Phi) is 4.77. The van der Waals surface area contributed by atoms with Gasteiger partial charge in [0.15, 0.2) is 0 Å². The molecule has 0 radical (unpaired) electrons. The molecule has 3 N–H and O–H groups in total. The van der Waals surface area contributed by atoms with E-state index < -0.39 is 6.03 Å². The summed E-state index contributed by atoms with van der Waals surface area (Å²) in [6.45, 7) is 2.43. The van der Waals surface area contributed by atoms with Crippen LogP contribution in [0.15, 0.2) is 48.5 Å².